The molecule has 0 aliphatic carbocycles. The quantitative estimate of drug-likeness (QED) is 0.0346. The molecule has 0 N–H and O–H groups in total. The first-order valence-corrected chi connectivity index (χ1v) is 25.3. The average molecular weight is 807 g/mol. The average Bonchev–Trinajstić information content (AvgIpc) is 3.19. The van der Waals surface area contributed by atoms with Gasteiger partial charge in [-0.25, -0.2) is 0 Å². The predicted octanol–water partition coefficient (Wildman–Crippen LogP) is 16.1. The predicted molar refractivity (Wildman–Crippen MR) is 243 cm³/mol. The SMILES string of the molecule is CCCCCCCCCC(=O)OC[C@H](COC(=O)CCCCCCCCCC(C)C)OC(=O)CCCCCCCCCCCCCCCCCCCCC(C)CC. The second-order valence-corrected chi connectivity index (χ2v) is 18.2. The molecule has 0 rings (SSSR count). The first-order valence-electron chi connectivity index (χ1n) is 25.3. The molecule has 0 saturated heterocycles. The maximum Gasteiger partial charge on any atom is 0.306 e. The second-order valence-electron chi connectivity index (χ2n) is 18.2. The van der Waals surface area contributed by atoms with Crippen molar-refractivity contribution in [3.63, 3.8) is 0 Å². The summed E-state index contributed by atoms with van der Waals surface area (Å²) in [6.07, 6.45) is 44.0. The highest BCUT2D eigenvalue weighted by atomic mass is 16.6. The van der Waals surface area contributed by atoms with Gasteiger partial charge in [-0.3, -0.25) is 14.4 Å². The number of rotatable bonds is 45. The third kappa shape index (κ3) is 43.8. The smallest absolute Gasteiger partial charge is 0.306 e. The fourth-order valence-corrected chi connectivity index (χ4v) is 7.60. The van der Waals surface area contributed by atoms with Crippen LogP contribution in [0.1, 0.15) is 279 Å². The summed E-state index contributed by atoms with van der Waals surface area (Å²) in [6, 6.07) is 0. The van der Waals surface area contributed by atoms with Crippen LogP contribution in [0.25, 0.3) is 0 Å². The number of carbonyl (C=O) groups excluding carboxylic acids is 3. The Balaban J connectivity index is 4.12. The molecule has 0 aromatic rings. The molecular formula is C51H98O6. The Kier molecular flexibility index (Phi) is 42.7. The van der Waals surface area contributed by atoms with Gasteiger partial charge in [-0.15, -0.1) is 0 Å². The molecule has 0 bridgehead atoms. The van der Waals surface area contributed by atoms with Crippen molar-refractivity contribution in [2.24, 2.45) is 11.8 Å². The monoisotopic (exact) mass is 807 g/mol. The Labute approximate surface area is 355 Å². The van der Waals surface area contributed by atoms with Crippen LogP contribution >= 0.6 is 0 Å². The third-order valence-corrected chi connectivity index (χ3v) is 11.8. The fourth-order valence-electron chi connectivity index (χ4n) is 7.60. The molecule has 2 atom stereocenters. The third-order valence-electron chi connectivity index (χ3n) is 11.8. The molecule has 0 saturated carbocycles. The highest BCUT2D eigenvalue weighted by Gasteiger charge is 2.19. The standard InChI is InChI=1S/C51H98O6/c1-6-8-9-10-24-31-36-41-49(52)55-44-48(45-56-50(53)42-37-32-28-23-25-29-34-39-46(3)4)57-51(54)43-38-33-27-22-20-18-16-14-12-11-13-15-17-19-21-26-30-35-40-47(5)7-2/h46-48H,6-45H2,1-5H3/t47?,48-/m1/s1. The molecule has 0 fully saturated rings. The number of carbonyl (C=O) groups is 3. The molecule has 0 heterocycles. The van der Waals surface area contributed by atoms with Crippen molar-refractivity contribution in [3.8, 4) is 0 Å². The minimum Gasteiger partial charge on any atom is -0.462 e. The molecule has 0 aliphatic rings. The number of ether oxygens (including phenoxy) is 3. The van der Waals surface area contributed by atoms with Crippen LogP contribution in [-0.2, 0) is 28.6 Å². The summed E-state index contributed by atoms with van der Waals surface area (Å²) in [7, 11) is 0. The Hall–Kier alpha value is -1.59. The van der Waals surface area contributed by atoms with E-state index in [4.69, 9.17) is 14.2 Å². The molecule has 0 radical (unpaired) electrons. The van der Waals surface area contributed by atoms with E-state index in [1.807, 2.05) is 0 Å². The zero-order valence-corrected chi connectivity index (χ0v) is 39.0. The van der Waals surface area contributed by atoms with Crippen molar-refractivity contribution < 1.29 is 28.6 Å². The van der Waals surface area contributed by atoms with Crippen LogP contribution in [0, 0.1) is 11.8 Å². The Morgan fingerprint density at radius 3 is 1.00 bits per heavy atom. The number of hydrogen-bond donors (Lipinski definition) is 0. The number of unbranched alkanes of at least 4 members (excludes halogenated alkanes) is 29. The zero-order valence-electron chi connectivity index (χ0n) is 39.0. The minimum absolute atomic E-state index is 0.0655. The van der Waals surface area contributed by atoms with Gasteiger partial charge < -0.3 is 14.2 Å². The molecule has 6 nitrogen and oxygen atoms in total. The topological polar surface area (TPSA) is 78.9 Å². The van der Waals surface area contributed by atoms with E-state index in [0.717, 1.165) is 69.6 Å². The van der Waals surface area contributed by atoms with Crippen molar-refractivity contribution in [3.05, 3.63) is 0 Å². The summed E-state index contributed by atoms with van der Waals surface area (Å²) < 4.78 is 16.7. The van der Waals surface area contributed by atoms with Gasteiger partial charge >= 0.3 is 17.9 Å². The van der Waals surface area contributed by atoms with Gasteiger partial charge in [-0.2, -0.15) is 0 Å². The molecule has 1 unspecified atom stereocenters. The van der Waals surface area contributed by atoms with Gasteiger partial charge in [0, 0.05) is 19.3 Å². The normalized spacial score (nSPS) is 12.5. The van der Waals surface area contributed by atoms with Crippen molar-refractivity contribution in [2.75, 3.05) is 13.2 Å². The van der Waals surface area contributed by atoms with E-state index in [1.54, 1.807) is 0 Å². The number of hydrogen-bond acceptors (Lipinski definition) is 6. The van der Waals surface area contributed by atoms with Crippen LogP contribution in [0.5, 0.6) is 0 Å². The van der Waals surface area contributed by atoms with Crippen LogP contribution in [0.2, 0.25) is 0 Å². The maximum atomic E-state index is 12.7. The molecule has 338 valence electrons. The Bertz CT molecular complexity index is 872. The largest absolute Gasteiger partial charge is 0.462 e. The zero-order chi connectivity index (χ0) is 41.9. The van der Waals surface area contributed by atoms with Gasteiger partial charge in [-0.05, 0) is 31.1 Å². The van der Waals surface area contributed by atoms with Crippen LogP contribution in [0.3, 0.4) is 0 Å². The van der Waals surface area contributed by atoms with Gasteiger partial charge in [-0.1, -0.05) is 240 Å². The maximum absolute atomic E-state index is 12.7. The summed E-state index contributed by atoms with van der Waals surface area (Å²) in [5, 5.41) is 0. The van der Waals surface area contributed by atoms with Crippen LogP contribution in [0.4, 0.5) is 0 Å². The summed E-state index contributed by atoms with van der Waals surface area (Å²) in [4.78, 5) is 37.7. The van der Waals surface area contributed by atoms with E-state index < -0.39 is 6.10 Å². The summed E-state index contributed by atoms with van der Waals surface area (Å²) in [5.74, 6) is 0.830. The Morgan fingerprint density at radius 1 is 0.368 bits per heavy atom. The lowest BCUT2D eigenvalue weighted by atomic mass is 9.99. The van der Waals surface area contributed by atoms with Crippen molar-refractivity contribution >= 4 is 17.9 Å². The van der Waals surface area contributed by atoms with Crippen LogP contribution in [-0.4, -0.2) is 37.2 Å². The van der Waals surface area contributed by atoms with Crippen LogP contribution < -0.4 is 0 Å². The van der Waals surface area contributed by atoms with Gasteiger partial charge in [0.15, 0.2) is 6.10 Å². The second kappa shape index (κ2) is 44.0. The summed E-state index contributed by atoms with van der Waals surface area (Å²) >= 11 is 0. The van der Waals surface area contributed by atoms with Gasteiger partial charge in [0.25, 0.3) is 0 Å². The molecule has 57 heavy (non-hydrogen) atoms. The minimum atomic E-state index is -0.760. The van der Waals surface area contributed by atoms with E-state index in [1.165, 1.54) is 167 Å². The molecule has 0 spiro atoms. The first kappa shape index (κ1) is 55.4. The van der Waals surface area contributed by atoms with Gasteiger partial charge in [0.1, 0.15) is 13.2 Å². The van der Waals surface area contributed by atoms with Gasteiger partial charge in [0.05, 0.1) is 0 Å². The molecule has 6 heteroatoms. The lowest BCUT2D eigenvalue weighted by Gasteiger charge is -2.18. The molecular weight excluding hydrogens is 709 g/mol. The Morgan fingerprint density at radius 2 is 0.667 bits per heavy atom. The lowest BCUT2D eigenvalue weighted by molar-refractivity contribution is -0.167. The van der Waals surface area contributed by atoms with E-state index in [-0.39, 0.29) is 31.1 Å². The summed E-state index contributed by atoms with van der Waals surface area (Å²) in [6.45, 7) is 11.3. The first-order chi connectivity index (χ1) is 27.8. The lowest BCUT2D eigenvalue weighted by Crippen LogP contribution is -2.30. The highest BCUT2D eigenvalue weighted by Crippen LogP contribution is 2.18. The van der Waals surface area contributed by atoms with Gasteiger partial charge in [0.2, 0.25) is 0 Å². The molecule has 0 aromatic heterocycles. The van der Waals surface area contributed by atoms with Crippen molar-refractivity contribution in [1.29, 1.82) is 0 Å². The summed E-state index contributed by atoms with van der Waals surface area (Å²) in [5.41, 5.74) is 0. The molecule has 0 aromatic carbocycles. The van der Waals surface area contributed by atoms with E-state index >= 15 is 0 Å². The van der Waals surface area contributed by atoms with E-state index in [9.17, 15) is 14.4 Å². The fraction of sp³-hybridized carbons (Fsp3) is 0.941. The van der Waals surface area contributed by atoms with Crippen molar-refractivity contribution in [1.82, 2.24) is 0 Å². The van der Waals surface area contributed by atoms with Crippen molar-refractivity contribution in [2.45, 2.75) is 285 Å². The van der Waals surface area contributed by atoms with Crippen LogP contribution in [0.15, 0.2) is 0 Å². The molecule has 0 amide bonds. The van der Waals surface area contributed by atoms with E-state index in [0.29, 0.717) is 19.3 Å². The molecule has 0 aliphatic heterocycles. The highest BCUT2D eigenvalue weighted by molar-refractivity contribution is 5.71. The van der Waals surface area contributed by atoms with E-state index in [2.05, 4.69) is 34.6 Å². The number of esters is 3.